The Hall–Kier alpha value is -1.54. The van der Waals surface area contributed by atoms with Crippen molar-refractivity contribution in [3.05, 3.63) is 42.0 Å². The third kappa shape index (κ3) is 1.46. The molecule has 0 radical (unpaired) electrons. The summed E-state index contributed by atoms with van der Waals surface area (Å²) in [5.74, 6) is 1.07. The van der Waals surface area contributed by atoms with Gasteiger partial charge in [0.15, 0.2) is 0 Å². The first kappa shape index (κ1) is 9.67. The molecule has 2 aromatic carbocycles. The number of ether oxygens (including phenoxy) is 1. The lowest BCUT2D eigenvalue weighted by molar-refractivity contribution is 0.103. The fraction of sp³-hybridized carbons (Fsp3) is 0.286. The second-order valence-corrected chi connectivity index (χ2v) is 4.19. The minimum absolute atomic E-state index is 0.706. The third-order valence-electron chi connectivity index (χ3n) is 3.19. The molecular weight excluding hydrogens is 198 g/mol. The van der Waals surface area contributed by atoms with Gasteiger partial charge in [-0.15, -0.1) is 0 Å². The predicted molar refractivity (Wildman–Crippen MR) is 65.5 cm³/mol. The van der Waals surface area contributed by atoms with E-state index in [4.69, 9.17) is 4.74 Å². The Morgan fingerprint density at radius 3 is 2.94 bits per heavy atom. The molecule has 0 unspecified atom stereocenters. The third-order valence-corrected chi connectivity index (χ3v) is 3.19. The lowest BCUT2D eigenvalue weighted by Gasteiger charge is -2.28. The average molecular weight is 213 g/mol. The van der Waals surface area contributed by atoms with Gasteiger partial charge in [-0.1, -0.05) is 43.3 Å². The monoisotopic (exact) mass is 213 g/mol. The van der Waals surface area contributed by atoms with Crippen molar-refractivity contribution in [3.63, 3.8) is 0 Å². The molecule has 82 valence electrons. The van der Waals surface area contributed by atoms with Crippen LogP contribution in [0.3, 0.4) is 0 Å². The topological polar surface area (TPSA) is 12.5 Å². The molecule has 0 aliphatic carbocycles. The largest absolute Gasteiger partial charge is 0.477 e. The van der Waals surface area contributed by atoms with Gasteiger partial charge in [-0.05, 0) is 11.9 Å². The normalized spacial score (nSPS) is 15.8. The Morgan fingerprint density at radius 1 is 1.19 bits per heavy atom. The maximum absolute atomic E-state index is 5.87. The minimum Gasteiger partial charge on any atom is -0.477 e. The standard InChI is InChI=1S/C14H15NO/c1-2-15-9-12-8-7-11-5-3-4-6-13(11)14(12)16-10-15/h3-8H,2,9-10H2,1H3. The van der Waals surface area contributed by atoms with Crippen molar-refractivity contribution in [2.75, 3.05) is 13.3 Å². The van der Waals surface area contributed by atoms with Crippen LogP contribution < -0.4 is 4.74 Å². The highest BCUT2D eigenvalue weighted by Crippen LogP contribution is 2.33. The number of fused-ring (bicyclic) bond motifs is 3. The van der Waals surface area contributed by atoms with Crippen LogP contribution in [0.4, 0.5) is 0 Å². The van der Waals surface area contributed by atoms with Crippen LogP contribution >= 0.6 is 0 Å². The summed E-state index contributed by atoms with van der Waals surface area (Å²) in [6.07, 6.45) is 0. The molecule has 0 atom stereocenters. The van der Waals surface area contributed by atoms with Gasteiger partial charge in [0, 0.05) is 17.5 Å². The van der Waals surface area contributed by atoms with Crippen LogP contribution in [0.5, 0.6) is 5.75 Å². The molecule has 0 amide bonds. The highest BCUT2D eigenvalue weighted by atomic mass is 16.5. The molecule has 2 heteroatoms. The molecule has 3 rings (SSSR count). The van der Waals surface area contributed by atoms with Crippen LogP contribution in [0, 0.1) is 0 Å². The van der Waals surface area contributed by atoms with E-state index in [0.717, 1.165) is 18.8 Å². The van der Waals surface area contributed by atoms with Crippen molar-refractivity contribution in [2.24, 2.45) is 0 Å². The van der Waals surface area contributed by atoms with Gasteiger partial charge in [0.05, 0.1) is 0 Å². The minimum atomic E-state index is 0.706. The number of hydrogen-bond acceptors (Lipinski definition) is 2. The second kappa shape index (κ2) is 3.80. The first-order valence-electron chi connectivity index (χ1n) is 5.74. The summed E-state index contributed by atoms with van der Waals surface area (Å²) >= 11 is 0. The van der Waals surface area contributed by atoms with Crippen molar-refractivity contribution in [1.82, 2.24) is 4.90 Å². The van der Waals surface area contributed by atoms with Gasteiger partial charge in [-0.3, -0.25) is 4.90 Å². The molecule has 1 heterocycles. The van der Waals surface area contributed by atoms with E-state index in [1.807, 2.05) is 0 Å². The average Bonchev–Trinajstić information content (AvgIpc) is 2.38. The van der Waals surface area contributed by atoms with E-state index < -0.39 is 0 Å². The molecule has 0 fully saturated rings. The maximum atomic E-state index is 5.87. The van der Waals surface area contributed by atoms with Gasteiger partial charge in [0.1, 0.15) is 12.5 Å². The van der Waals surface area contributed by atoms with Crippen LogP contribution in [0.15, 0.2) is 36.4 Å². The SMILES string of the molecule is CCN1COc2c(ccc3ccccc23)C1. The lowest BCUT2D eigenvalue weighted by atomic mass is 10.0. The molecule has 1 aliphatic rings. The summed E-state index contributed by atoms with van der Waals surface area (Å²) in [6, 6.07) is 12.8. The summed E-state index contributed by atoms with van der Waals surface area (Å²) in [5.41, 5.74) is 1.30. The maximum Gasteiger partial charge on any atom is 0.142 e. The smallest absolute Gasteiger partial charge is 0.142 e. The second-order valence-electron chi connectivity index (χ2n) is 4.19. The molecule has 0 bridgehead atoms. The van der Waals surface area contributed by atoms with Gasteiger partial charge in [0.25, 0.3) is 0 Å². The zero-order chi connectivity index (χ0) is 11.0. The molecule has 0 saturated heterocycles. The van der Waals surface area contributed by atoms with Crippen molar-refractivity contribution >= 4 is 10.8 Å². The highest BCUT2D eigenvalue weighted by Gasteiger charge is 2.17. The lowest BCUT2D eigenvalue weighted by Crippen LogP contribution is -2.31. The van der Waals surface area contributed by atoms with Crippen LogP contribution in [0.2, 0.25) is 0 Å². The van der Waals surface area contributed by atoms with Crippen molar-refractivity contribution in [3.8, 4) is 5.75 Å². The Morgan fingerprint density at radius 2 is 2.06 bits per heavy atom. The molecule has 0 saturated carbocycles. The zero-order valence-corrected chi connectivity index (χ0v) is 9.44. The van der Waals surface area contributed by atoms with Crippen LogP contribution in [-0.2, 0) is 6.54 Å². The summed E-state index contributed by atoms with van der Waals surface area (Å²) in [4.78, 5) is 2.29. The molecule has 16 heavy (non-hydrogen) atoms. The van der Waals surface area contributed by atoms with Crippen molar-refractivity contribution < 1.29 is 4.74 Å². The Balaban J connectivity index is 2.14. The first-order chi connectivity index (χ1) is 7.88. The van der Waals surface area contributed by atoms with Crippen LogP contribution in [-0.4, -0.2) is 18.2 Å². The number of hydrogen-bond donors (Lipinski definition) is 0. The van der Waals surface area contributed by atoms with E-state index in [2.05, 4.69) is 48.2 Å². The molecular formula is C14H15NO. The fourth-order valence-corrected chi connectivity index (χ4v) is 2.23. The summed E-state index contributed by atoms with van der Waals surface area (Å²) in [7, 11) is 0. The summed E-state index contributed by atoms with van der Waals surface area (Å²) in [5, 5.41) is 2.49. The van der Waals surface area contributed by atoms with Crippen LogP contribution in [0.1, 0.15) is 12.5 Å². The molecule has 0 aromatic heterocycles. The summed E-state index contributed by atoms with van der Waals surface area (Å²) < 4.78 is 5.87. The first-order valence-corrected chi connectivity index (χ1v) is 5.74. The molecule has 2 aromatic rings. The fourth-order valence-electron chi connectivity index (χ4n) is 2.23. The van der Waals surface area contributed by atoms with E-state index in [-0.39, 0.29) is 0 Å². The molecule has 0 N–H and O–H groups in total. The predicted octanol–water partition coefficient (Wildman–Crippen LogP) is 3.01. The van der Waals surface area contributed by atoms with Crippen molar-refractivity contribution in [1.29, 1.82) is 0 Å². The van der Waals surface area contributed by atoms with E-state index >= 15 is 0 Å². The quantitative estimate of drug-likeness (QED) is 0.722. The van der Waals surface area contributed by atoms with Gasteiger partial charge in [0.2, 0.25) is 0 Å². The molecule has 1 aliphatic heterocycles. The Labute approximate surface area is 95.4 Å². The molecule has 2 nitrogen and oxygen atoms in total. The van der Waals surface area contributed by atoms with Gasteiger partial charge < -0.3 is 4.74 Å². The van der Waals surface area contributed by atoms with Crippen molar-refractivity contribution in [2.45, 2.75) is 13.5 Å². The Bertz CT molecular complexity index is 521. The number of benzene rings is 2. The van der Waals surface area contributed by atoms with E-state index in [1.165, 1.54) is 16.3 Å². The van der Waals surface area contributed by atoms with E-state index in [0.29, 0.717) is 6.73 Å². The summed E-state index contributed by atoms with van der Waals surface area (Å²) in [6.45, 7) is 4.90. The Kier molecular flexibility index (Phi) is 2.29. The number of rotatable bonds is 1. The number of nitrogens with zero attached hydrogens (tertiary/aromatic N) is 1. The van der Waals surface area contributed by atoms with Gasteiger partial charge in [-0.2, -0.15) is 0 Å². The van der Waals surface area contributed by atoms with Crippen LogP contribution in [0.25, 0.3) is 10.8 Å². The molecule has 0 spiro atoms. The van der Waals surface area contributed by atoms with E-state index in [1.54, 1.807) is 0 Å². The van der Waals surface area contributed by atoms with Gasteiger partial charge >= 0.3 is 0 Å². The highest BCUT2D eigenvalue weighted by molar-refractivity contribution is 5.89. The zero-order valence-electron chi connectivity index (χ0n) is 9.44. The van der Waals surface area contributed by atoms with Gasteiger partial charge in [-0.25, -0.2) is 0 Å². The van der Waals surface area contributed by atoms with E-state index in [9.17, 15) is 0 Å².